The van der Waals surface area contributed by atoms with E-state index in [1.165, 1.54) is 11.8 Å². The van der Waals surface area contributed by atoms with Gasteiger partial charge in [0.2, 0.25) is 5.91 Å². The van der Waals surface area contributed by atoms with Crippen molar-refractivity contribution in [1.82, 2.24) is 14.5 Å². The van der Waals surface area contributed by atoms with Crippen LogP contribution in [0.5, 0.6) is 5.75 Å². The molecule has 1 saturated heterocycles. The highest BCUT2D eigenvalue weighted by atomic mass is 32.2. The van der Waals surface area contributed by atoms with Crippen molar-refractivity contribution in [3.63, 3.8) is 0 Å². The number of carbonyl (C=O) groups is 1. The molecule has 1 amide bonds. The van der Waals surface area contributed by atoms with Crippen LogP contribution in [0.25, 0.3) is 10.9 Å². The van der Waals surface area contributed by atoms with Crippen LogP contribution in [0.15, 0.2) is 58.5 Å². The normalized spacial score (nSPS) is 14.1. The first-order chi connectivity index (χ1) is 16.5. The number of nitrogens with zero attached hydrogens (tertiary/aromatic N) is 4. The zero-order valence-electron chi connectivity index (χ0n) is 20.1. The number of anilines is 1. The van der Waals surface area contributed by atoms with Crippen molar-refractivity contribution in [2.75, 3.05) is 43.9 Å². The van der Waals surface area contributed by atoms with Crippen LogP contribution in [0.1, 0.15) is 20.3 Å². The molecule has 8 heteroatoms. The number of fused-ring (bicyclic) bond motifs is 1. The van der Waals surface area contributed by atoms with E-state index in [0.717, 1.165) is 30.9 Å². The summed E-state index contributed by atoms with van der Waals surface area (Å²) in [4.78, 5) is 35.0. The molecule has 4 rings (SSSR count). The van der Waals surface area contributed by atoms with Gasteiger partial charge in [-0.05, 0) is 48.7 Å². The van der Waals surface area contributed by atoms with Gasteiger partial charge in [-0.15, -0.1) is 0 Å². The summed E-state index contributed by atoms with van der Waals surface area (Å²) in [6.07, 6.45) is 0.884. The van der Waals surface area contributed by atoms with Gasteiger partial charge < -0.3 is 14.5 Å². The Morgan fingerprint density at radius 3 is 2.44 bits per heavy atom. The zero-order valence-corrected chi connectivity index (χ0v) is 20.9. The average Bonchev–Trinajstić information content (AvgIpc) is 2.87. The second-order valence-corrected chi connectivity index (χ2v) is 9.85. The molecule has 1 aliphatic rings. The van der Waals surface area contributed by atoms with E-state index in [1.807, 2.05) is 53.4 Å². The van der Waals surface area contributed by atoms with E-state index in [9.17, 15) is 9.59 Å². The Morgan fingerprint density at radius 2 is 1.76 bits per heavy atom. The fourth-order valence-corrected chi connectivity index (χ4v) is 5.00. The van der Waals surface area contributed by atoms with E-state index in [1.54, 1.807) is 11.7 Å². The Bertz CT molecular complexity index is 1180. The van der Waals surface area contributed by atoms with E-state index in [0.29, 0.717) is 41.6 Å². The van der Waals surface area contributed by atoms with Crippen molar-refractivity contribution in [1.29, 1.82) is 0 Å². The first-order valence-electron chi connectivity index (χ1n) is 11.8. The summed E-state index contributed by atoms with van der Waals surface area (Å²) < 4.78 is 6.97. The molecule has 180 valence electrons. The zero-order chi connectivity index (χ0) is 24.1. The van der Waals surface area contributed by atoms with Crippen molar-refractivity contribution >= 4 is 34.3 Å². The lowest BCUT2D eigenvalue weighted by Gasteiger charge is -2.36. The maximum atomic E-state index is 13.1. The number of rotatable bonds is 8. The van der Waals surface area contributed by atoms with Crippen LogP contribution >= 0.6 is 11.8 Å². The van der Waals surface area contributed by atoms with E-state index in [-0.39, 0.29) is 17.2 Å². The Labute approximate surface area is 204 Å². The molecule has 7 nitrogen and oxygen atoms in total. The van der Waals surface area contributed by atoms with Gasteiger partial charge in [-0.3, -0.25) is 14.2 Å². The van der Waals surface area contributed by atoms with Crippen LogP contribution in [0, 0.1) is 5.92 Å². The summed E-state index contributed by atoms with van der Waals surface area (Å²) in [5.74, 6) is 1.66. The average molecular weight is 481 g/mol. The molecule has 0 N–H and O–H groups in total. The lowest BCUT2D eigenvalue weighted by atomic mass is 10.1. The number of benzene rings is 2. The number of piperazine rings is 1. The summed E-state index contributed by atoms with van der Waals surface area (Å²) in [7, 11) is 1.66. The molecule has 2 heterocycles. The van der Waals surface area contributed by atoms with Crippen LogP contribution in [-0.4, -0.2) is 59.4 Å². The molecule has 0 spiro atoms. The van der Waals surface area contributed by atoms with Crippen LogP contribution < -0.4 is 15.2 Å². The quantitative estimate of drug-likeness (QED) is 0.360. The third-order valence-electron chi connectivity index (χ3n) is 6.15. The number of thioether (sulfide) groups is 1. The Kier molecular flexibility index (Phi) is 7.77. The number of ether oxygens (including phenoxy) is 1. The Morgan fingerprint density at radius 1 is 1.06 bits per heavy atom. The van der Waals surface area contributed by atoms with Gasteiger partial charge >= 0.3 is 0 Å². The third-order valence-corrected chi connectivity index (χ3v) is 7.11. The molecule has 0 aliphatic carbocycles. The molecule has 3 aromatic rings. The summed E-state index contributed by atoms with van der Waals surface area (Å²) in [6, 6.07) is 15.4. The molecule has 0 radical (unpaired) electrons. The van der Waals surface area contributed by atoms with E-state index in [4.69, 9.17) is 9.72 Å². The molecule has 0 unspecified atom stereocenters. The predicted octanol–water partition coefficient (Wildman–Crippen LogP) is 3.89. The minimum absolute atomic E-state index is 0.0331. The molecule has 1 fully saturated rings. The topological polar surface area (TPSA) is 67.7 Å². The van der Waals surface area contributed by atoms with Gasteiger partial charge in [0.05, 0.1) is 23.8 Å². The number of amides is 1. The highest BCUT2D eigenvalue weighted by molar-refractivity contribution is 7.99. The molecular formula is C26H32N4O3S. The number of para-hydroxylation sites is 1. The second-order valence-electron chi connectivity index (χ2n) is 8.91. The molecule has 0 saturated carbocycles. The van der Waals surface area contributed by atoms with E-state index >= 15 is 0 Å². The number of methoxy groups -OCH3 is 1. The SMILES string of the molecule is COc1ccc(N2CCN(C(=O)CSc3nc4ccccc4c(=O)n3CCC(C)C)CC2)cc1. The Balaban J connectivity index is 1.41. The summed E-state index contributed by atoms with van der Waals surface area (Å²) in [5, 5.41) is 1.24. The van der Waals surface area contributed by atoms with Gasteiger partial charge in [0, 0.05) is 38.4 Å². The first kappa shape index (κ1) is 24.1. The minimum Gasteiger partial charge on any atom is -0.497 e. The molecule has 34 heavy (non-hydrogen) atoms. The lowest BCUT2D eigenvalue weighted by molar-refractivity contribution is -0.128. The van der Waals surface area contributed by atoms with Crippen LogP contribution in [0.3, 0.4) is 0 Å². The maximum absolute atomic E-state index is 13.1. The largest absolute Gasteiger partial charge is 0.497 e. The van der Waals surface area contributed by atoms with Gasteiger partial charge in [-0.1, -0.05) is 37.7 Å². The summed E-state index contributed by atoms with van der Waals surface area (Å²) in [6.45, 7) is 7.81. The Hall–Kier alpha value is -3.00. The molecule has 0 atom stereocenters. The number of aromatic nitrogens is 2. The molecule has 1 aromatic heterocycles. The lowest BCUT2D eigenvalue weighted by Crippen LogP contribution is -2.49. The van der Waals surface area contributed by atoms with Gasteiger partial charge in [0.15, 0.2) is 5.16 Å². The maximum Gasteiger partial charge on any atom is 0.262 e. The highest BCUT2D eigenvalue weighted by Crippen LogP contribution is 2.22. The molecule has 2 aromatic carbocycles. The highest BCUT2D eigenvalue weighted by Gasteiger charge is 2.22. The van der Waals surface area contributed by atoms with Gasteiger partial charge in [0.25, 0.3) is 5.56 Å². The molecular weight excluding hydrogens is 448 g/mol. The smallest absolute Gasteiger partial charge is 0.262 e. The first-order valence-corrected chi connectivity index (χ1v) is 12.7. The van der Waals surface area contributed by atoms with Crippen molar-refractivity contribution in [2.45, 2.75) is 32.0 Å². The minimum atomic E-state index is -0.0331. The monoisotopic (exact) mass is 480 g/mol. The number of hydrogen-bond acceptors (Lipinski definition) is 6. The van der Waals surface area contributed by atoms with E-state index in [2.05, 4.69) is 18.7 Å². The fraction of sp³-hybridized carbons (Fsp3) is 0.423. The van der Waals surface area contributed by atoms with E-state index < -0.39 is 0 Å². The predicted molar refractivity (Wildman–Crippen MR) is 138 cm³/mol. The van der Waals surface area contributed by atoms with Crippen molar-refractivity contribution in [2.24, 2.45) is 5.92 Å². The van der Waals surface area contributed by atoms with Gasteiger partial charge in [-0.25, -0.2) is 4.98 Å². The van der Waals surface area contributed by atoms with Crippen LogP contribution in [0.2, 0.25) is 0 Å². The number of hydrogen-bond donors (Lipinski definition) is 0. The summed E-state index contributed by atoms with van der Waals surface area (Å²) in [5.41, 5.74) is 1.78. The van der Waals surface area contributed by atoms with Crippen molar-refractivity contribution < 1.29 is 9.53 Å². The van der Waals surface area contributed by atoms with Gasteiger partial charge in [-0.2, -0.15) is 0 Å². The third kappa shape index (κ3) is 5.55. The molecule has 0 bridgehead atoms. The standard InChI is InChI=1S/C26H32N4O3S/c1-19(2)12-13-30-25(32)22-6-4-5-7-23(22)27-26(30)34-18-24(31)29-16-14-28(15-17-29)20-8-10-21(33-3)11-9-20/h4-11,19H,12-18H2,1-3H3. The number of carbonyl (C=O) groups excluding carboxylic acids is 1. The fourth-order valence-electron chi connectivity index (χ4n) is 4.07. The van der Waals surface area contributed by atoms with Crippen molar-refractivity contribution in [3.05, 3.63) is 58.9 Å². The van der Waals surface area contributed by atoms with Crippen molar-refractivity contribution in [3.8, 4) is 5.75 Å². The van der Waals surface area contributed by atoms with Crippen LogP contribution in [0.4, 0.5) is 5.69 Å². The van der Waals surface area contributed by atoms with Crippen LogP contribution in [-0.2, 0) is 11.3 Å². The molecule has 1 aliphatic heterocycles. The summed E-state index contributed by atoms with van der Waals surface area (Å²) >= 11 is 1.36. The van der Waals surface area contributed by atoms with Gasteiger partial charge in [0.1, 0.15) is 5.75 Å². The second kappa shape index (κ2) is 11.0.